The van der Waals surface area contributed by atoms with Gasteiger partial charge in [0, 0.05) is 18.4 Å². The van der Waals surface area contributed by atoms with Crippen LogP contribution in [0.3, 0.4) is 0 Å². The zero-order valence-corrected chi connectivity index (χ0v) is 18.6. The van der Waals surface area contributed by atoms with E-state index >= 15 is 0 Å². The predicted molar refractivity (Wildman–Crippen MR) is 118 cm³/mol. The minimum Gasteiger partial charge on any atom is -0.507 e. The minimum absolute atomic E-state index is 0.0763. The molecule has 7 nitrogen and oxygen atoms in total. The number of aromatic hydroxyl groups is 1. The van der Waals surface area contributed by atoms with Gasteiger partial charge >= 0.3 is 6.61 Å². The number of oxazole rings is 1. The summed E-state index contributed by atoms with van der Waals surface area (Å²) in [6, 6.07) is 12.3. The van der Waals surface area contributed by atoms with Crippen LogP contribution in [-0.4, -0.2) is 40.3 Å². The molecule has 1 heterocycles. The summed E-state index contributed by atoms with van der Waals surface area (Å²) in [4.78, 5) is 17.1. The van der Waals surface area contributed by atoms with Crippen molar-refractivity contribution in [3.05, 3.63) is 60.0 Å². The van der Waals surface area contributed by atoms with Gasteiger partial charge in [0.15, 0.2) is 5.78 Å². The molecular weight excluding hydrogens is 436 g/mol. The maximum atomic E-state index is 12.6. The number of Topliss-reactive ketones (excluding diaryl/α,β-unsaturated/α-hetero) is 1. The first-order valence-electron chi connectivity index (χ1n) is 10.4. The zero-order valence-electron chi connectivity index (χ0n) is 18.6. The topological polar surface area (TPSA) is 102 Å². The molecule has 0 aliphatic heterocycles. The molecule has 0 fully saturated rings. The third kappa shape index (κ3) is 8.19. The van der Waals surface area contributed by atoms with E-state index in [9.17, 15) is 18.7 Å². The summed E-state index contributed by atoms with van der Waals surface area (Å²) in [5.74, 6) is 1.32. The molecule has 0 unspecified atom stereocenters. The van der Waals surface area contributed by atoms with Crippen molar-refractivity contribution in [2.45, 2.75) is 46.3 Å². The molecule has 0 aliphatic carbocycles. The third-order valence-corrected chi connectivity index (χ3v) is 4.20. The summed E-state index contributed by atoms with van der Waals surface area (Å²) in [5.41, 5.74) is 1.67. The maximum Gasteiger partial charge on any atom is 0.342 e. The minimum atomic E-state index is -3.17. The second kappa shape index (κ2) is 12.5. The fourth-order valence-corrected chi connectivity index (χ4v) is 2.97. The Morgan fingerprint density at radius 3 is 2.55 bits per heavy atom. The van der Waals surface area contributed by atoms with Gasteiger partial charge < -0.3 is 24.1 Å². The number of aryl methyl sites for hydroxylation is 1. The lowest BCUT2D eigenvalue weighted by Gasteiger charge is -2.10. The molecule has 0 radical (unpaired) electrons. The van der Waals surface area contributed by atoms with E-state index in [-0.39, 0.29) is 29.6 Å². The van der Waals surface area contributed by atoms with Gasteiger partial charge in [-0.15, -0.1) is 0 Å². The predicted octanol–water partition coefficient (Wildman–Crippen LogP) is 5.25. The smallest absolute Gasteiger partial charge is 0.342 e. The number of phenols is 1. The van der Waals surface area contributed by atoms with Crippen LogP contribution in [0.2, 0.25) is 0 Å². The molecule has 0 spiro atoms. The van der Waals surface area contributed by atoms with Crippen molar-refractivity contribution < 1.29 is 37.7 Å². The molecule has 178 valence electrons. The first-order valence-corrected chi connectivity index (χ1v) is 10.4. The van der Waals surface area contributed by atoms with Crippen LogP contribution in [0.15, 0.2) is 53.1 Å². The number of carbonyl (C=O) groups excluding carboxylic acids is 1. The monoisotopic (exact) mass is 463 g/mol. The van der Waals surface area contributed by atoms with Crippen LogP contribution in [0, 0.1) is 0 Å². The van der Waals surface area contributed by atoms with Crippen molar-refractivity contribution in [2.24, 2.45) is 0 Å². The van der Waals surface area contributed by atoms with Crippen LogP contribution >= 0.6 is 0 Å². The number of carbonyl (C=O) groups is 1. The van der Waals surface area contributed by atoms with Gasteiger partial charge in [-0.1, -0.05) is 12.1 Å². The van der Waals surface area contributed by atoms with E-state index in [1.54, 1.807) is 18.4 Å². The number of rotatable bonds is 9. The lowest BCUT2D eigenvalue weighted by atomic mass is 10.0. The van der Waals surface area contributed by atoms with Gasteiger partial charge in [0.25, 0.3) is 0 Å². The Hall–Kier alpha value is -3.46. The number of ketones is 1. The summed E-state index contributed by atoms with van der Waals surface area (Å²) in [6.07, 6.45) is 2.20. The summed E-state index contributed by atoms with van der Waals surface area (Å²) < 4.78 is 36.5. The number of hydrogen-bond donors (Lipinski definition) is 2. The molecule has 1 aromatic heterocycles. The second-order valence-corrected chi connectivity index (χ2v) is 7.12. The Balaban J connectivity index is 0.000000890. The Bertz CT molecular complexity index is 1030. The van der Waals surface area contributed by atoms with E-state index in [1.807, 2.05) is 45.0 Å². The van der Waals surface area contributed by atoms with Gasteiger partial charge in [-0.25, -0.2) is 4.98 Å². The quantitative estimate of drug-likeness (QED) is 0.418. The average Bonchev–Trinajstić information content (AvgIpc) is 3.21. The molecule has 0 amide bonds. The number of aromatic nitrogens is 1. The van der Waals surface area contributed by atoms with E-state index in [0.717, 1.165) is 11.3 Å². The summed E-state index contributed by atoms with van der Waals surface area (Å²) in [5, 5.41) is 16.8. The number of nitrogens with zero attached hydrogens (tertiary/aromatic N) is 1. The molecule has 0 saturated carbocycles. The van der Waals surface area contributed by atoms with E-state index in [2.05, 4.69) is 4.98 Å². The van der Waals surface area contributed by atoms with Crippen molar-refractivity contribution in [3.8, 4) is 28.7 Å². The number of aliphatic hydroxyl groups is 1. The van der Waals surface area contributed by atoms with Gasteiger partial charge in [0.05, 0.1) is 18.4 Å². The van der Waals surface area contributed by atoms with Gasteiger partial charge in [0.2, 0.25) is 5.89 Å². The highest BCUT2D eigenvalue weighted by atomic mass is 19.3. The van der Waals surface area contributed by atoms with Crippen LogP contribution < -0.4 is 9.47 Å². The molecule has 0 aliphatic rings. The summed E-state index contributed by atoms with van der Waals surface area (Å²) in [7, 11) is 0. The van der Waals surface area contributed by atoms with Crippen molar-refractivity contribution in [2.75, 3.05) is 6.61 Å². The van der Waals surface area contributed by atoms with Crippen molar-refractivity contribution in [1.82, 2.24) is 4.98 Å². The highest BCUT2D eigenvalue weighted by molar-refractivity contribution is 6.01. The molecule has 3 rings (SSSR count). The molecule has 0 atom stereocenters. The van der Waals surface area contributed by atoms with E-state index in [4.69, 9.17) is 19.0 Å². The number of phenolic OH excluding ortho intramolecular Hbond substituents is 1. The molecule has 9 heteroatoms. The Morgan fingerprint density at radius 1 is 1.18 bits per heavy atom. The first-order chi connectivity index (χ1) is 15.7. The number of ether oxygens (including phenoxy) is 2. The number of benzene rings is 2. The van der Waals surface area contributed by atoms with Crippen LogP contribution in [0.1, 0.15) is 43.2 Å². The number of hydrogen-bond acceptors (Lipinski definition) is 7. The van der Waals surface area contributed by atoms with Crippen LogP contribution in [-0.2, 0) is 6.42 Å². The van der Waals surface area contributed by atoms with Gasteiger partial charge in [0.1, 0.15) is 29.1 Å². The van der Waals surface area contributed by atoms with Crippen LogP contribution in [0.25, 0.3) is 11.5 Å². The zero-order chi connectivity index (χ0) is 24.4. The van der Waals surface area contributed by atoms with Gasteiger partial charge in [-0.05, 0) is 51.1 Å². The lowest BCUT2D eigenvalue weighted by molar-refractivity contribution is -0.0728. The molecule has 2 N–H and O–H groups in total. The van der Waals surface area contributed by atoms with Crippen LogP contribution in [0.5, 0.6) is 17.2 Å². The van der Waals surface area contributed by atoms with Crippen molar-refractivity contribution in [1.29, 1.82) is 0 Å². The fraction of sp³-hybridized carbons (Fsp3) is 0.333. The standard InChI is InChI=1S/C23H25NO5.CH2F2O/c1-4-27-21-10-6-9-19(25)22(21)20(26)12-11-17-14-28-23(24-17)16-7-5-8-18(13-16)29-15(2)3;2-1(3)4/h5-10,13-15,25H,4,11-12H2,1-3H3;1,4H. The second-order valence-electron chi connectivity index (χ2n) is 7.12. The largest absolute Gasteiger partial charge is 0.507 e. The molecular formula is C24H27F2NO6. The van der Waals surface area contributed by atoms with Gasteiger partial charge in [-0.2, -0.15) is 8.78 Å². The van der Waals surface area contributed by atoms with E-state index in [0.29, 0.717) is 30.4 Å². The normalized spacial score (nSPS) is 10.7. The van der Waals surface area contributed by atoms with Gasteiger partial charge in [-0.3, -0.25) is 4.79 Å². The molecule has 3 aromatic rings. The summed E-state index contributed by atoms with van der Waals surface area (Å²) in [6.45, 7) is 3.01. The highest BCUT2D eigenvalue weighted by Crippen LogP contribution is 2.30. The van der Waals surface area contributed by atoms with E-state index < -0.39 is 6.61 Å². The summed E-state index contributed by atoms with van der Waals surface area (Å²) >= 11 is 0. The highest BCUT2D eigenvalue weighted by Gasteiger charge is 2.18. The third-order valence-electron chi connectivity index (χ3n) is 4.20. The molecule has 0 bridgehead atoms. The van der Waals surface area contributed by atoms with Crippen molar-refractivity contribution >= 4 is 5.78 Å². The Morgan fingerprint density at radius 2 is 1.88 bits per heavy atom. The fourth-order valence-electron chi connectivity index (χ4n) is 2.97. The molecule has 33 heavy (non-hydrogen) atoms. The van der Waals surface area contributed by atoms with Crippen molar-refractivity contribution in [3.63, 3.8) is 0 Å². The average molecular weight is 463 g/mol. The first kappa shape index (κ1) is 25.8. The maximum absolute atomic E-state index is 12.6. The molecule has 2 aromatic carbocycles. The Labute approximate surface area is 190 Å². The Kier molecular flexibility index (Phi) is 9.81. The lowest BCUT2D eigenvalue weighted by Crippen LogP contribution is -2.06. The van der Waals surface area contributed by atoms with E-state index in [1.165, 1.54) is 6.07 Å². The number of aliphatic hydroxyl groups excluding tert-OH is 1. The van der Waals surface area contributed by atoms with Crippen LogP contribution in [0.4, 0.5) is 8.78 Å². The number of alkyl halides is 2. The SMILES string of the molecule is CCOc1cccc(O)c1C(=O)CCc1coc(-c2cccc(OC(C)C)c2)n1.OC(F)F. The number of halogens is 2. The molecule has 0 saturated heterocycles.